The van der Waals surface area contributed by atoms with Crippen LogP contribution in [0.1, 0.15) is 16.1 Å². The van der Waals surface area contributed by atoms with E-state index in [-0.39, 0.29) is 21.4 Å². The highest BCUT2D eigenvalue weighted by atomic mass is 35.5. The van der Waals surface area contributed by atoms with E-state index in [2.05, 4.69) is 0 Å². The molecule has 2 rings (SSSR count). The van der Waals surface area contributed by atoms with E-state index in [1.54, 1.807) is 11.1 Å². The summed E-state index contributed by atoms with van der Waals surface area (Å²) >= 11 is 17.8. The number of aromatic amines is 1. The molecule has 136 valence electrons. The molecule has 1 aliphatic carbocycles. The lowest BCUT2D eigenvalue weighted by Crippen LogP contribution is -2.24. The summed E-state index contributed by atoms with van der Waals surface area (Å²) in [7, 11) is 0. The predicted octanol–water partition coefficient (Wildman–Crippen LogP) is 3.69. The number of allylic oxidation sites excluding steroid dienone is 3. The molecule has 0 aliphatic heterocycles. The zero-order valence-corrected chi connectivity index (χ0v) is 15.2. The third kappa shape index (κ3) is 4.38. The molecule has 5 nitrogen and oxygen atoms in total. The molecule has 25 heavy (non-hydrogen) atoms. The van der Waals surface area contributed by atoms with Crippen LogP contribution in [-0.2, 0) is 5.38 Å². The van der Waals surface area contributed by atoms with Crippen molar-refractivity contribution in [1.29, 1.82) is 0 Å². The standard InChI is InChI=1S/C14H10Cl3F2NO4S/c15-6-2-1-5(4-21)10(16)11(6)25-7-3-8(14(17,18)19)20-12(22)9(7)13(23)24/h1-3,5,10,21H,4H2,(H,20,22)(H,23,24). The van der Waals surface area contributed by atoms with Gasteiger partial charge in [-0.25, -0.2) is 4.79 Å². The number of carboxylic acid groups (broad SMARTS) is 1. The Labute approximate surface area is 159 Å². The van der Waals surface area contributed by atoms with Gasteiger partial charge in [0.1, 0.15) is 11.3 Å². The van der Waals surface area contributed by atoms with Gasteiger partial charge in [-0.2, -0.15) is 8.78 Å². The molecule has 11 heteroatoms. The maximum absolute atomic E-state index is 13.3. The lowest BCUT2D eigenvalue weighted by Gasteiger charge is -2.24. The van der Waals surface area contributed by atoms with Gasteiger partial charge in [-0.1, -0.05) is 29.4 Å². The summed E-state index contributed by atoms with van der Waals surface area (Å²) in [6.45, 7) is -0.301. The molecule has 0 aromatic carbocycles. The third-order valence-electron chi connectivity index (χ3n) is 3.30. The molecule has 1 aromatic rings. The van der Waals surface area contributed by atoms with E-state index in [1.165, 1.54) is 6.08 Å². The molecule has 1 heterocycles. The van der Waals surface area contributed by atoms with Crippen molar-refractivity contribution >= 4 is 52.5 Å². The Balaban J connectivity index is 2.58. The van der Waals surface area contributed by atoms with Crippen molar-refractivity contribution in [3.63, 3.8) is 0 Å². The van der Waals surface area contributed by atoms with E-state index in [9.17, 15) is 28.6 Å². The number of aliphatic hydroxyl groups is 1. The minimum Gasteiger partial charge on any atom is -0.477 e. The molecular weight excluding hydrogens is 423 g/mol. The zero-order chi connectivity index (χ0) is 18.9. The van der Waals surface area contributed by atoms with Gasteiger partial charge in [0, 0.05) is 15.7 Å². The second-order valence-electron chi connectivity index (χ2n) is 4.98. The number of thioether (sulfide) groups is 1. The summed E-state index contributed by atoms with van der Waals surface area (Å²) in [6.07, 6.45) is 3.02. The van der Waals surface area contributed by atoms with Gasteiger partial charge in [0.25, 0.3) is 5.56 Å². The Hall–Kier alpha value is -1.06. The van der Waals surface area contributed by atoms with Crippen LogP contribution in [0, 0.1) is 5.92 Å². The van der Waals surface area contributed by atoms with E-state index >= 15 is 0 Å². The molecule has 1 aromatic heterocycles. The second kappa shape index (κ2) is 7.67. The van der Waals surface area contributed by atoms with Crippen LogP contribution in [0.2, 0.25) is 0 Å². The molecule has 0 spiro atoms. The average Bonchev–Trinajstić information content (AvgIpc) is 2.49. The first-order valence-corrected chi connectivity index (χ1v) is 8.65. The van der Waals surface area contributed by atoms with Crippen molar-refractivity contribution in [2.75, 3.05) is 6.61 Å². The summed E-state index contributed by atoms with van der Waals surface area (Å²) in [5.74, 6) is -2.11. The van der Waals surface area contributed by atoms with Gasteiger partial charge in [-0.15, -0.1) is 11.6 Å². The van der Waals surface area contributed by atoms with Crippen molar-refractivity contribution in [2.45, 2.75) is 15.7 Å². The molecule has 0 amide bonds. The fraction of sp³-hybridized carbons (Fsp3) is 0.286. The van der Waals surface area contributed by atoms with Crippen LogP contribution in [0.25, 0.3) is 0 Å². The number of aliphatic hydroxyl groups excluding tert-OH is 1. The van der Waals surface area contributed by atoms with Crippen LogP contribution in [0.3, 0.4) is 0 Å². The van der Waals surface area contributed by atoms with E-state index in [0.717, 1.165) is 6.07 Å². The van der Waals surface area contributed by atoms with Crippen LogP contribution in [0.5, 0.6) is 0 Å². The van der Waals surface area contributed by atoms with E-state index in [0.29, 0.717) is 11.8 Å². The fourth-order valence-electron chi connectivity index (χ4n) is 2.06. The summed E-state index contributed by atoms with van der Waals surface area (Å²) in [5.41, 5.74) is -2.94. The molecule has 0 fully saturated rings. The van der Waals surface area contributed by atoms with Gasteiger partial charge < -0.3 is 15.2 Å². The summed E-state index contributed by atoms with van der Waals surface area (Å²) in [5, 5.41) is 13.9. The van der Waals surface area contributed by atoms with Gasteiger partial charge in [0.05, 0.1) is 17.0 Å². The molecular formula is C14H10Cl3F2NO4S. The van der Waals surface area contributed by atoms with Crippen molar-refractivity contribution in [1.82, 2.24) is 4.98 Å². The first-order valence-electron chi connectivity index (χ1n) is 6.64. The number of pyridine rings is 1. The topological polar surface area (TPSA) is 90.4 Å². The van der Waals surface area contributed by atoms with Crippen LogP contribution in [0.4, 0.5) is 8.78 Å². The van der Waals surface area contributed by atoms with Gasteiger partial charge >= 0.3 is 11.4 Å². The van der Waals surface area contributed by atoms with E-state index in [4.69, 9.17) is 34.8 Å². The monoisotopic (exact) mass is 431 g/mol. The summed E-state index contributed by atoms with van der Waals surface area (Å²) in [6, 6.07) is 0.759. The number of nitrogens with one attached hydrogen (secondary N) is 1. The van der Waals surface area contributed by atoms with Crippen molar-refractivity contribution in [3.05, 3.63) is 49.8 Å². The first-order chi connectivity index (χ1) is 11.6. The van der Waals surface area contributed by atoms with Crippen LogP contribution < -0.4 is 5.56 Å². The smallest absolute Gasteiger partial charge is 0.362 e. The Bertz CT molecular complexity index is 819. The van der Waals surface area contributed by atoms with Crippen molar-refractivity contribution < 1.29 is 23.8 Å². The van der Waals surface area contributed by atoms with E-state index < -0.39 is 39.5 Å². The lowest BCUT2D eigenvalue weighted by atomic mass is 10.0. The lowest BCUT2D eigenvalue weighted by molar-refractivity contribution is 0.0686. The highest BCUT2D eigenvalue weighted by Gasteiger charge is 2.33. The summed E-state index contributed by atoms with van der Waals surface area (Å²) in [4.78, 5) is 24.9. The number of alkyl halides is 4. The van der Waals surface area contributed by atoms with Crippen molar-refractivity contribution in [3.8, 4) is 0 Å². The Kier molecular flexibility index (Phi) is 6.22. The fourth-order valence-corrected chi connectivity index (χ4v) is 4.09. The minimum absolute atomic E-state index is 0.144. The molecule has 0 saturated carbocycles. The molecule has 1 aliphatic rings. The number of hydrogen-bond donors (Lipinski definition) is 3. The maximum Gasteiger partial charge on any atom is 0.362 e. The zero-order valence-electron chi connectivity index (χ0n) is 12.1. The normalized spacial score (nSPS) is 20.9. The number of rotatable bonds is 5. The Morgan fingerprint density at radius 2 is 2.08 bits per heavy atom. The molecule has 0 saturated heterocycles. The highest BCUT2D eigenvalue weighted by Crippen LogP contribution is 2.43. The predicted molar refractivity (Wildman–Crippen MR) is 91.9 cm³/mol. The second-order valence-corrected chi connectivity index (χ2v) is 7.41. The third-order valence-corrected chi connectivity index (χ3v) is 5.85. The maximum atomic E-state index is 13.3. The van der Waals surface area contributed by atoms with Crippen molar-refractivity contribution in [2.24, 2.45) is 5.92 Å². The van der Waals surface area contributed by atoms with E-state index in [1.807, 2.05) is 0 Å². The molecule has 3 N–H and O–H groups in total. The number of aromatic carboxylic acids is 1. The largest absolute Gasteiger partial charge is 0.477 e. The molecule has 2 unspecified atom stereocenters. The number of H-pyrrole nitrogens is 1. The van der Waals surface area contributed by atoms with Gasteiger partial charge in [-0.05, 0) is 23.7 Å². The first kappa shape index (κ1) is 20.3. The quantitative estimate of drug-likeness (QED) is 0.617. The average molecular weight is 433 g/mol. The van der Waals surface area contributed by atoms with Gasteiger partial charge in [-0.3, -0.25) is 4.79 Å². The number of carboxylic acids is 1. The molecule has 0 bridgehead atoms. The van der Waals surface area contributed by atoms with Gasteiger partial charge in [0.2, 0.25) is 0 Å². The Morgan fingerprint density at radius 1 is 1.44 bits per heavy atom. The number of hydrogen-bond acceptors (Lipinski definition) is 4. The molecule has 2 atom stereocenters. The molecule has 0 radical (unpaired) electrons. The van der Waals surface area contributed by atoms with Crippen LogP contribution in [0.15, 0.2) is 37.8 Å². The number of halogens is 5. The SMILES string of the molecule is O=C(O)c1c(SC2=C(Cl)C=CC(CO)C2Cl)cc(C(F)(F)Cl)[nH]c1=O. The minimum atomic E-state index is -3.90. The number of aromatic nitrogens is 1. The highest BCUT2D eigenvalue weighted by molar-refractivity contribution is 8.03. The van der Waals surface area contributed by atoms with Crippen LogP contribution >= 0.6 is 46.6 Å². The number of carbonyl (C=O) groups is 1. The Morgan fingerprint density at radius 3 is 2.60 bits per heavy atom. The van der Waals surface area contributed by atoms with Crippen LogP contribution in [-0.4, -0.2) is 33.2 Å². The van der Waals surface area contributed by atoms with Gasteiger partial charge in [0.15, 0.2) is 0 Å². The summed E-state index contributed by atoms with van der Waals surface area (Å²) < 4.78 is 26.7.